The molecule has 1 N–H and O–H groups in total. The van der Waals surface area contributed by atoms with Gasteiger partial charge in [-0.15, -0.1) is 10.2 Å². The van der Waals surface area contributed by atoms with Crippen LogP contribution in [0.5, 0.6) is 0 Å². The second-order valence-corrected chi connectivity index (χ2v) is 7.31. The highest BCUT2D eigenvalue weighted by atomic mass is 32.2. The molecule has 2 heterocycles. The van der Waals surface area contributed by atoms with Crippen LogP contribution in [-0.4, -0.2) is 51.5 Å². The fraction of sp³-hybridized carbons (Fsp3) is 0.333. The van der Waals surface area contributed by atoms with Crippen LogP contribution >= 0.6 is 23.1 Å². The number of rotatable bonds is 7. The van der Waals surface area contributed by atoms with E-state index in [2.05, 4.69) is 20.5 Å². The van der Waals surface area contributed by atoms with Crippen LogP contribution in [0.1, 0.15) is 0 Å². The Morgan fingerprint density at radius 2 is 2.25 bits per heavy atom. The number of amides is 1. The van der Waals surface area contributed by atoms with E-state index in [1.165, 1.54) is 0 Å². The van der Waals surface area contributed by atoms with Crippen LogP contribution in [0.2, 0.25) is 0 Å². The minimum atomic E-state index is -0.0182. The molecule has 126 valence electrons. The number of carbonyl (C=O) groups is 1. The highest BCUT2D eigenvalue weighted by molar-refractivity contribution is 7.99. The summed E-state index contributed by atoms with van der Waals surface area (Å²) >= 11 is 3.15. The van der Waals surface area contributed by atoms with Crippen molar-refractivity contribution in [2.24, 2.45) is 7.05 Å². The molecule has 1 aromatic carbocycles. The monoisotopic (exact) mass is 362 g/mol. The van der Waals surface area contributed by atoms with Crippen LogP contribution in [0.25, 0.3) is 10.2 Å². The van der Waals surface area contributed by atoms with Crippen LogP contribution in [0.3, 0.4) is 0 Å². The summed E-state index contributed by atoms with van der Waals surface area (Å²) in [5.41, 5.74) is 0.963. The molecule has 0 bridgehead atoms. The maximum Gasteiger partial charge on any atom is 0.239 e. The number of thioether (sulfide) groups is 1. The first-order chi connectivity index (χ1) is 11.6. The van der Waals surface area contributed by atoms with Gasteiger partial charge in [-0.1, -0.05) is 35.2 Å². The first-order valence-electron chi connectivity index (χ1n) is 7.43. The number of likely N-dealkylation sites (N-methyl/N-ethyl adjacent to an activating group) is 1. The van der Waals surface area contributed by atoms with Crippen molar-refractivity contribution in [2.75, 3.05) is 30.8 Å². The molecule has 2 aromatic heterocycles. The second-order valence-electron chi connectivity index (χ2n) is 5.24. The average molecular weight is 362 g/mol. The van der Waals surface area contributed by atoms with Crippen molar-refractivity contribution in [2.45, 2.75) is 5.16 Å². The van der Waals surface area contributed by atoms with E-state index in [9.17, 15) is 4.79 Å². The van der Waals surface area contributed by atoms with Crippen molar-refractivity contribution in [3.63, 3.8) is 0 Å². The number of hydrogen-bond acceptors (Lipinski definition) is 7. The van der Waals surface area contributed by atoms with Gasteiger partial charge in [-0.25, -0.2) is 4.98 Å². The van der Waals surface area contributed by atoms with Gasteiger partial charge >= 0.3 is 0 Å². The summed E-state index contributed by atoms with van der Waals surface area (Å²) in [5.74, 6) is 0.735. The number of aromatic nitrogens is 4. The number of nitrogens with one attached hydrogen (secondary N) is 1. The van der Waals surface area contributed by atoms with E-state index < -0.39 is 0 Å². The molecule has 1 amide bonds. The lowest BCUT2D eigenvalue weighted by molar-refractivity contribution is -0.119. The Morgan fingerprint density at radius 1 is 1.42 bits per heavy atom. The molecule has 0 radical (unpaired) electrons. The molecule has 7 nitrogen and oxygen atoms in total. The topological polar surface area (TPSA) is 75.9 Å². The number of carbonyl (C=O) groups excluding carboxylic acids is 1. The second kappa shape index (κ2) is 7.63. The van der Waals surface area contributed by atoms with E-state index in [0.29, 0.717) is 6.54 Å². The number of fused-ring (bicyclic) bond motifs is 1. The molecule has 0 aliphatic rings. The summed E-state index contributed by atoms with van der Waals surface area (Å²) < 4.78 is 2.98. The van der Waals surface area contributed by atoms with Gasteiger partial charge in [0, 0.05) is 26.4 Å². The number of nitrogens with zero attached hydrogens (tertiary/aromatic N) is 5. The number of thiazole rings is 1. The number of aryl methyl sites for hydroxylation is 1. The maximum absolute atomic E-state index is 12.1. The summed E-state index contributed by atoms with van der Waals surface area (Å²) in [6.07, 6.45) is 1.66. The van der Waals surface area contributed by atoms with Crippen molar-refractivity contribution in [1.82, 2.24) is 25.1 Å². The van der Waals surface area contributed by atoms with E-state index in [1.807, 2.05) is 47.8 Å². The fourth-order valence-corrected chi connectivity index (χ4v) is 3.77. The lowest BCUT2D eigenvalue weighted by Gasteiger charge is -2.15. The number of benzene rings is 1. The third-order valence-corrected chi connectivity index (χ3v) is 5.50. The zero-order valence-corrected chi connectivity index (χ0v) is 15.1. The molecule has 0 aliphatic heterocycles. The summed E-state index contributed by atoms with van der Waals surface area (Å²) in [7, 11) is 3.78. The van der Waals surface area contributed by atoms with Crippen molar-refractivity contribution in [3.8, 4) is 0 Å². The van der Waals surface area contributed by atoms with Gasteiger partial charge in [0.15, 0.2) is 10.3 Å². The average Bonchev–Trinajstić information content (AvgIpc) is 3.17. The van der Waals surface area contributed by atoms with Crippen molar-refractivity contribution in [1.29, 1.82) is 0 Å². The third kappa shape index (κ3) is 4.04. The van der Waals surface area contributed by atoms with Crippen molar-refractivity contribution >= 4 is 44.4 Å². The smallest absolute Gasteiger partial charge is 0.239 e. The molecule has 0 spiro atoms. The molecular weight excluding hydrogens is 344 g/mol. The minimum Gasteiger partial charge on any atom is -0.354 e. The molecule has 9 heteroatoms. The molecule has 0 fully saturated rings. The quantitative estimate of drug-likeness (QED) is 0.510. The van der Waals surface area contributed by atoms with Gasteiger partial charge in [0.05, 0.1) is 16.8 Å². The summed E-state index contributed by atoms with van der Waals surface area (Å²) in [5, 5.41) is 12.4. The van der Waals surface area contributed by atoms with Gasteiger partial charge in [0.2, 0.25) is 5.91 Å². The fourth-order valence-electron chi connectivity index (χ4n) is 2.10. The van der Waals surface area contributed by atoms with E-state index in [-0.39, 0.29) is 12.5 Å². The van der Waals surface area contributed by atoms with Crippen LogP contribution in [0.15, 0.2) is 35.7 Å². The van der Waals surface area contributed by atoms with Gasteiger partial charge in [-0.2, -0.15) is 0 Å². The number of para-hydroxylation sites is 1. The molecule has 0 saturated heterocycles. The van der Waals surface area contributed by atoms with Gasteiger partial charge in [0.1, 0.15) is 6.33 Å². The van der Waals surface area contributed by atoms with Crippen molar-refractivity contribution < 1.29 is 4.79 Å². The summed E-state index contributed by atoms with van der Waals surface area (Å²) in [6.45, 7) is 0.874. The standard InChI is InChI=1S/C15H18N6OS2/c1-20(14-18-11-5-3-4-6-12(11)24-14)9-13(22)16-7-8-23-15-19-17-10-21(15)2/h3-6,10H,7-9H2,1-2H3,(H,16,22). The van der Waals surface area contributed by atoms with Crippen molar-refractivity contribution in [3.05, 3.63) is 30.6 Å². The van der Waals surface area contributed by atoms with Crippen LogP contribution in [0.4, 0.5) is 5.13 Å². The van der Waals surface area contributed by atoms with Gasteiger partial charge in [-0.05, 0) is 12.1 Å². The van der Waals surface area contributed by atoms with Crippen LogP contribution < -0.4 is 10.2 Å². The summed E-state index contributed by atoms with van der Waals surface area (Å²) in [4.78, 5) is 18.5. The zero-order valence-electron chi connectivity index (χ0n) is 13.5. The molecule has 24 heavy (non-hydrogen) atoms. The molecule has 0 unspecified atom stereocenters. The Bertz CT molecular complexity index is 797. The molecule has 3 rings (SSSR count). The Kier molecular flexibility index (Phi) is 5.31. The first-order valence-corrected chi connectivity index (χ1v) is 9.24. The summed E-state index contributed by atoms with van der Waals surface area (Å²) in [6, 6.07) is 7.97. The Morgan fingerprint density at radius 3 is 3.00 bits per heavy atom. The SMILES string of the molecule is CN(CC(=O)NCCSc1nncn1C)c1nc2ccccc2s1. The lowest BCUT2D eigenvalue weighted by atomic mass is 10.3. The Hall–Kier alpha value is -2.13. The van der Waals surface area contributed by atoms with Gasteiger partial charge in [0.25, 0.3) is 0 Å². The highest BCUT2D eigenvalue weighted by Gasteiger charge is 2.11. The third-order valence-electron chi connectivity index (χ3n) is 3.32. The van der Waals surface area contributed by atoms with E-state index in [0.717, 1.165) is 26.3 Å². The van der Waals surface area contributed by atoms with E-state index in [1.54, 1.807) is 29.4 Å². The van der Waals surface area contributed by atoms with Gasteiger partial charge < -0.3 is 14.8 Å². The molecule has 0 saturated carbocycles. The minimum absolute atomic E-state index is 0.0182. The predicted octanol–water partition coefficient (Wildman–Crippen LogP) is 1.77. The predicted molar refractivity (Wildman–Crippen MR) is 97.6 cm³/mol. The van der Waals surface area contributed by atoms with E-state index in [4.69, 9.17) is 0 Å². The Labute approximate surface area is 148 Å². The zero-order chi connectivity index (χ0) is 16.9. The Balaban J connectivity index is 1.45. The van der Waals surface area contributed by atoms with Gasteiger partial charge in [-0.3, -0.25) is 4.79 Å². The largest absolute Gasteiger partial charge is 0.354 e. The maximum atomic E-state index is 12.1. The molecular formula is C15H18N6OS2. The highest BCUT2D eigenvalue weighted by Crippen LogP contribution is 2.27. The molecule has 0 atom stereocenters. The molecule has 0 aliphatic carbocycles. The van der Waals surface area contributed by atoms with E-state index >= 15 is 0 Å². The van der Waals surface area contributed by atoms with Crippen LogP contribution in [0, 0.1) is 0 Å². The number of hydrogen-bond donors (Lipinski definition) is 1. The lowest BCUT2D eigenvalue weighted by Crippen LogP contribution is -2.36. The van der Waals surface area contributed by atoms with Crippen LogP contribution in [-0.2, 0) is 11.8 Å². The first kappa shape index (κ1) is 16.7. The number of anilines is 1. The molecule has 3 aromatic rings. The normalized spacial score (nSPS) is 10.9.